The van der Waals surface area contributed by atoms with E-state index < -0.39 is 0 Å². The quantitative estimate of drug-likeness (QED) is 0.652. The minimum absolute atomic E-state index is 0.792. The van der Waals surface area contributed by atoms with Gasteiger partial charge in [0.15, 0.2) is 0 Å². The van der Waals surface area contributed by atoms with Crippen molar-refractivity contribution in [2.45, 2.75) is 44.9 Å². The van der Waals surface area contributed by atoms with E-state index >= 15 is 0 Å². The molecule has 0 bridgehead atoms. The van der Waals surface area contributed by atoms with Gasteiger partial charge in [0, 0.05) is 6.54 Å². The Morgan fingerprint density at radius 3 is 2.38 bits per heavy atom. The highest BCUT2D eigenvalue weighted by atomic mass is 15.0. The molecule has 0 radical (unpaired) electrons. The maximum atomic E-state index is 3.62. The van der Waals surface area contributed by atoms with Crippen molar-refractivity contribution in [1.82, 2.24) is 5.32 Å². The molecule has 3 rings (SSSR count). The number of rotatable bonds is 1. The van der Waals surface area contributed by atoms with E-state index in [4.69, 9.17) is 0 Å². The molecule has 1 heteroatoms. The number of fused-ring (bicyclic) bond motifs is 1. The number of hydrogen-bond donors (Lipinski definition) is 1. The zero-order valence-electron chi connectivity index (χ0n) is 8.52. The molecular formula is C12H21N. The third-order valence-corrected chi connectivity index (χ3v) is 5.03. The van der Waals surface area contributed by atoms with E-state index in [0.717, 1.165) is 17.3 Å². The molecule has 1 N–H and O–H groups in total. The predicted molar refractivity (Wildman–Crippen MR) is 54.6 cm³/mol. The van der Waals surface area contributed by atoms with Crippen LogP contribution in [0.15, 0.2) is 0 Å². The second kappa shape index (κ2) is 2.98. The van der Waals surface area contributed by atoms with E-state index in [9.17, 15) is 0 Å². The van der Waals surface area contributed by atoms with Crippen LogP contribution in [0.5, 0.6) is 0 Å². The summed E-state index contributed by atoms with van der Waals surface area (Å²) in [6.45, 7) is 2.68. The Balaban J connectivity index is 1.74. The Labute approximate surface area is 81.3 Å². The molecule has 1 saturated heterocycles. The fourth-order valence-corrected chi connectivity index (χ4v) is 4.10. The summed E-state index contributed by atoms with van der Waals surface area (Å²) < 4.78 is 0. The van der Waals surface area contributed by atoms with E-state index in [-0.39, 0.29) is 0 Å². The zero-order valence-corrected chi connectivity index (χ0v) is 8.52. The van der Waals surface area contributed by atoms with Gasteiger partial charge in [0.05, 0.1) is 0 Å². The Bertz CT molecular complexity index is 195. The second-order valence-electron chi connectivity index (χ2n) is 5.43. The Morgan fingerprint density at radius 1 is 0.923 bits per heavy atom. The molecule has 3 fully saturated rings. The normalized spacial score (nSPS) is 45.7. The van der Waals surface area contributed by atoms with Crippen molar-refractivity contribution >= 4 is 0 Å². The molecule has 1 heterocycles. The first kappa shape index (κ1) is 8.28. The molecule has 0 spiro atoms. The highest BCUT2D eigenvalue weighted by Crippen LogP contribution is 2.57. The molecule has 1 nitrogen and oxygen atoms in total. The van der Waals surface area contributed by atoms with Crippen LogP contribution in [0.2, 0.25) is 0 Å². The van der Waals surface area contributed by atoms with E-state index in [2.05, 4.69) is 5.32 Å². The van der Waals surface area contributed by atoms with Crippen molar-refractivity contribution in [3.05, 3.63) is 0 Å². The van der Waals surface area contributed by atoms with Crippen LogP contribution in [-0.4, -0.2) is 13.1 Å². The summed E-state index contributed by atoms with van der Waals surface area (Å²) in [5, 5.41) is 3.62. The predicted octanol–water partition coefficient (Wildman–Crippen LogP) is 2.57. The average molecular weight is 179 g/mol. The van der Waals surface area contributed by atoms with Gasteiger partial charge in [-0.3, -0.25) is 0 Å². The molecule has 3 aliphatic rings. The first-order valence-corrected chi connectivity index (χ1v) is 6.12. The molecule has 1 aliphatic heterocycles. The van der Waals surface area contributed by atoms with Gasteiger partial charge in [0.25, 0.3) is 0 Å². The summed E-state index contributed by atoms with van der Waals surface area (Å²) in [6.07, 6.45) is 10.7. The van der Waals surface area contributed by atoms with Crippen LogP contribution in [0, 0.1) is 17.3 Å². The standard InChI is InChI=1S/C12H21N/c1-2-4-10(5-3-1)12-7-6-11(12)8-13-9-12/h10-11,13H,1-9H2. The lowest BCUT2D eigenvalue weighted by molar-refractivity contribution is -0.00447. The first-order chi connectivity index (χ1) is 6.42. The minimum atomic E-state index is 0.792. The molecule has 2 unspecified atom stereocenters. The van der Waals surface area contributed by atoms with E-state index in [0.29, 0.717) is 0 Å². The van der Waals surface area contributed by atoms with Crippen molar-refractivity contribution in [2.75, 3.05) is 13.1 Å². The van der Waals surface area contributed by atoms with Gasteiger partial charge in [-0.05, 0) is 49.5 Å². The highest BCUT2D eigenvalue weighted by Gasteiger charge is 2.53. The maximum absolute atomic E-state index is 3.62. The largest absolute Gasteiger partial charge is 0.316 e. The summed E-state index contributed by atoms with van der Waals surface area (Å²) in [5.41, 5.74) is 0.792. The zero-order chi connectivity index (χ0) is 8.73. The summed E-state index contributed by atoms with van der Waals surface area (Å²) >= 11 is 0. The molecule has 2 atom stereocenters. The van der Waals surface area contributed by atoms with Gasteiger partial charge in [-0.1, -0.05) is 19.3 Å². The van der Waals surface area contributed by atoms with Crippen LogP contribution in [0.1, 0.15) is 44.9 Å². The van der Waals surface area contributed by atoms with Crippen molar-refractivity contribution in [1.29, 1.82) is 0 Å². The van der Waals surface area contributed by atoms with E-state index in [1.807, 2.05) is 0 Å². The van der Waals surface area contributed by atoms with Crippen LogP contribution in [0.25, 0.3) is 0 Å². The lowest BCUT2D eigenvalue weighted by Crippen LogP contribution is -2.46. The minimum Gasteiger partial charge on any atom is -0.316 e. The molecule has 0 amide bonds. The molecule has 2 aliphatic carbocycles. The van der Waals surface area contributed by atoms with Gasteiger partial charge in [-0.15, -0.1) is 0 Å². The van der Waals surface area contributed by atoms with Crippen molar-refractivity contribution in [2.24, 2.45) is 17.3 Å². The van der Waals surface area contributed by atoms with Crippen molar-refractivity contribution in [3.8, 4) is 0 Å². The van der Waals surface area contributed by atoms with Gasteiger partial charge < -0.3 is 5.32 Å². The fraction of sp³-hybridized carbons (Fsp3) is 1.00. The Hall–Kier alpha value is -0.0400. The molecule has 74 valence electrons. The smallest absolute Gasteiger partial charge is 0.00137 e. The first-order valence-electron chi connectivity index (χ1n) is 6.12. The monoisotopic (exact) mass is 179 g/mol. The molecule has 0 aromatic rings. The average Bonchev–Trinajstić information content (AvgIpc) is 2.45. The van der Waals surface area contributed by atoms with Gasteiger partial charge in [0.1, 0.15) is 0 Å². The third-order valence-electron chi connectivity index (χ3n) is 5.03. The third kappa shape index (κ3) is 1.09. The van der Waals surface area contributed by atoms with Crippen LogP contribution in [0.4, 0.5) is 0 Å². The molecular weight excluding hydrogens is 158 g/mol. The highest BCUT2D eigenvalue weighted by molar-refractivity contribution is 5.06. The molecule has 2 saturated carbocycles. The fourth-order valence-electron chi connectivity index (χ4n) is 4.10. The van der Waals surface area contributed by atoms with Crippen molar-refractivity contribution in [3.63, 3.8) is 0 Å². The Morgan fingerprint density at radius 2 is 1.77 bits per heavy atom. The van der Waals surface area contributed by atoms with Gasteiger partial charge >= 0.3 is 0 Å². The summed E-state index contributed by atoms with van der Waals surface area (Å²) in [5.74, 6) is 2.16. The summed E-state index contributed by atoms with van der Waals surface area (Å²) in [6, 6.07) is 0. The van der Waals surface area contributed by atoms with Crippen molar-refractivity contribution < 1.29 is 0 Å². The lowest BCUT2D eigenvalue weighted by Gasteiger charge is -2.51. The van der Waals surface area contributed by atoms with E-state index in [1.165, 1.54) is 58.0 Å². The molecule has 0 aromatic heterocycles. The van der Waals surface area contributed by atoms with Gasteiger partial charge in [0.2, 0.25) is 0 Å². The maximum Gasteiger partial charge on any atom is 0.00137 e. The topological polar surface area (TPSA) is 12.0 Å². The second-order valence-corrected chi connectivity index (χ2v) is 5.43. The Kier molecular flexibility index (Phi) is 1.90. The van der Waals surface area contributed by atoms with Gasteiger partial charge in [-0.25, -0.2) is 0 Å². The van der Waals surface area contributed by atoms with Crippen LogP contribution >= 0.6 is 0 Å². The van der Waals surface area contributed by atoms with Crippen LogP contribution in [0.3, 0.4) is 0 Å². The SMILES string of the molecule is C1CCC(C23CCC2CNC3)CC1. The lowest BCUT2D eigenvalue weighted by atomic mass is 9.53. The molecule has 13 heavy (non-hydrogen) atoms. The van der Waals surface area contributed by atoms with Crippen LogP contribution in [-0.2, 0) is 0 Å². The molecule has 0 aromatic carbocycles. The summed E-state index contributed by atoms with van der Waals surface area (Å²) in [4.78, 5) is 0. The van der Waals surface area contributed by atoms with E-state index in [1.54, 1.807) is 0 Å². The number of hydrogen-bond acceptors (Lipinski definition) is 1. The summed E-state index contributed by atoms with van der Waals surface area (Å²) in [7, 11) is 0. The number of nitrogens with one attached hydrogen (secondary N) is 1. The van der Waals surface area contributed by atoms with Gasteiger partial charge in [-0.2, -0.15) is 0 Å². The van der Waals surface area contributed by atoms with Crippen LogP contribution < -0.4 is 5.32 Å².